The molecule has 0 unspecified atom stereocenters. The Morgan fingerprint density at radius 2 is 2.10 bits per heavy atom. The number of rotatable bonds is 4. The molecule has 21 heavy (non-hydrogen) atoms. The average molecular weight is 309 g/mol. The van der Waals surface area contributed by atoms with Crippen LogP contribution in [0.3, 0.4) is 0 Å². The van der Waals surface area contributed by atoms with Crippen molar-refractivity contribution in [1.82, 2.24) is 5.16 Å². The van der Waals surface area contributed by atoms with Crippen molar-refractivity contribution in [2.24, 2.45) is 0 Å². The minimum Gasteiger partial charge on any atom is -0.360 e. The maximum Gasteiger partial charge on any atom is 0.202 e. The van der Waals surface area contributed by atoms with E-state index in [-0.39, 0.29) is 16.4 Å². The lowest BCUT2D eigenvalue weighted by atomic mass is 10.0. The lowest BCUT2D eigenvalue weighted by Crippen LogP contribution is -2.12. The monoisotopic (exact) mass is 309 g/mol. The first-order chi connectivity index (χ1) is 9.89. The highest BCUT2D eigenvalue weighted by atomic mass is 32.2. The van der Waals surface area contributed by atoms with Crippen molar-refractivity contribution in [3.8, 4) is 0 Å². The van der Waals surface area contributed by atoms with Crippen molar-refractivity contribution in [1.29, 1.82) is 0 Å². The molecule has 1 aromatic heterocycles. The molecular formula is C14H12FNO4S. The number of carbonyl (C=O) groups excluding carboxylic acids is 1. The fourth-order valence-corrected chi connectivity index (χ4v) is 3.11. The quantitative estimate of drug-likeness (QED) is 0.810. The van der Waals surface area contributed by atoms with E-state index >= 15 is 0 Å². The standard InChI is InChI=1S/C14H12FNO4S/c1-21(18,19)11-4-2-3-10(15)12(11)13(17)9-7-16-20-14(9)8-5-6-8/h2-4,7-8H,5-6H2,1H3. The summed E-state index contributed by atoms with van der Waals surface area (Å²) in [6, 6.07) is 3.54. The van der Waals surface area contributed by atoms with E-state index in [4.69, 9.17) is 4.52 Å². The maximum atomic E-state index is 14.0. The Labute approximate surface area is 120 Å². The van der Waals surface area contributed by atoms with Gasteiger partial charge in [-0.15, -0.1) is 0 Å². The third-order valence-electron chi connectivity index (χ3n) is 3.39. The molecule has 0 amide bonds. The predicted octanol–water partition coefficient (Wildman–Crippen LogP) is 2.33. The highest BCUT2D eigenvalue weighted by Gasteiger charge is 2.34. The van der Waals surface area contributed by atoms with E-state index in [0.29, 0.717) is 5.76 Å². The van der Waals surface area contributed by atoms with Crippen LogP contribution in [-0.2, 0) is 9.84 Å². The molecule has 0 aliphatic heterocycles. The van der Waals surface area contributed by atoms with E-state index in [9.17, 15) is 17.6 Å². The lowest BCUT2D eigenvalue weighted by Gasteiger charge is -2.07. The van der Waals surface area contributed by atoms with E-state index in [0.717, 1.165) is 25.2 Å². The van der Waals surface area contributed by atoms with Crippen molar-refractivity contribution in [2.45, 2.75) is 23.7 Å². The van der Waals surface area contributed by atoms with Crippen LogP contribution in [0.15, 0.2) is 33.8 Å². The number of hydrogen-bond acceptors (Lipinski definition) is 5. The molecule has 1 aliphatic carbocycles. The first-order valence-corrected chi connectivity index (χ1v) is 8.26. The van der Waals surface area contributed by atoms with Gasteiger partial charge in [0.05, 0.1) is 22.2 Å². The smallest absolute Gasteiger partial charge is 0.202 e. The summed E-state index contributed by atoms with van der Waals surface area (Å²) in [5, 5.41) is 3.58. The SMILES string of the molecule is CS(=O)(=O)c1cccc(F)c1C(=O)c1cnoc1C1CC1. The molecule has 1 fully saturated rings. The molecule has 7 heteroatoms. The van der Waals surface area contributed by atoms with Gasteiger partial charge in [-0.3, -0.25) is 4.79 Å². The van der Waals surface area contributed by atoms with E-state index in [2.05, 4.69) is 5.16 Å². The second kappa shape index (κ2) is 4.77. The predicted molar refractivity (Wildman–Crippen MR) is 71.4 cm³/mol. The number of hydrogen-bond donors (Lipinski definition) is 0. The molecule has 0 radical (unpaired) electrons. The van der Waals surface area contributed by atoms with Gasteiger partial charge in [-0.25, -0.2) is 12.8 Å². The molecule has 5 nitrogen and oxygen atoms in total. The van der Waals surface area contributed by atoms with Crippen LogP contribution in [0.25, 0.3) is 0 Å². The number of nitrogens with zero attached hydrogens (tertiary/aromatic N) is 1. The van der Waals surface area contributed by atoms with Gasteiger partial charge in [-0.2, -0.15) is 0 Å². The van der Waals surface area contributed by atoms with Crippen molar-refractivity contribution < 1.29 is 22.1 Å². The zero-order valence-electron chi connectivity index (χ0n) is 11.2. The summed E-state index contributed by atoms with van der Waals surface area (Å²) in [5.74, 6) is -1.06. The fraction of sp³-hybridized carbons (Fsp3) is 0.286. The van der Waals surface area contributed by atoms with Crippen molar-refractivity contribution in [3.05, 3.63) is 47.1 Å². The van der Waals surface area contributed by atoms with Gasteiger partial charge in [0.25, 0.3) is 0 Å². The molecule has 0 bridgehead atoms. The van der Waals surface area contributed by atoms with Crippen LogP contribution >= 0.6 is 0 Å². The number of sulfone groups is 1. The molecule has 3 rings (SSSR count). The first kappa shape index (κ1) is 13.9. The largest absolute Gasteiger partial charge is 0.360 e. The average Bonchev–Trinajstić information content (AvgIpc) is 3.14. The van der Waals surface area contributed by atoms with E-state index in [1.807, 2.05) is 0 Å². The zero-order chi connectivity index (χ0) is 15.2. The Bertz CT molecular complexity index is 821. The van der Waals surface area contributed by atoms with Gasteiger partial charge < -0.3 is 4.52 Å². The van der Waals surface area contributed by atoms with Crippen molar-refractivity contribution >= 4 is 15.6 Å². The van der Waals surface area contributed by atoms with Crippen LogP contribution in [0.2, 0.25) is 0 Å². The molecule has 110 valence electrons. The Kier molecular flexibility index (Phi) is 3.16. The number of benzene rings is 1. The van der Waals surface area contributed by atoms with E-state index in [1.54, 1.807) is 0 Å². The van der Waals surface area contributed by atoms with Gasteiger partial charge in [0.1, 0.15) is 5.82 Å². The zero-order valence-corrected chi connectivity index (χ0v) is 12.0. The van der Waals surface area contributed by atoms with Crippen LogP contribution in [0.1, 0.15) is 40.4 Å². The van der Waals surface area contributed by atoms with Gasteiger partial charge >= 0.3 is 0 Å². The summed E-state index contributed by atoms with van der Waals surface area (Å²) < 4.78 is 42.6. The Balaban J connectivity index is 2.16. The van der Waals surface area contributed by atoms with Crippen molar-refractivity contribution in [2.75, 3.05) is 6.26 Å². The molecule has 1 aliphatic rings. The molecule has 0 atom stereocenters. The normalized spacial score (nSPS) is 15.1. The molecule has 1 saturated carbocycles. The summed E-state index contributed by atoms with van der Waals surface area (Å²) in [5.41, 5.74) is -0.322. The molecule has 1 aromatic carbocycles. The second-order valence-electron chi connectivity index (χ2n) is 5.09. The Morgan fingerprint density at radius 1 is 1.38 bits per heavy atom. The number of aromatic nitrogens is 1. The molecular weight excluding hydrogens is 297 g/mol. The summed E-state index contributed by atoms with van der Waals surface area (Å²) in [6.45, 7) is 0. The summed E-state index contributed by atoms with van der Waals surface area (Å²) in [4.78, 5) is 12.2. The molecule has 2 aromatic rings. The minimum absolute atomic E-state index is 0.111. The van der Waals surface area contributed by atoms with Gasteiger partial charge in [-0.1, -0.05) is 11.2 Å². The van der Waals surface area contributed by atoms with Gasteiger partial charge in [0.15, 0.2) is 15.6 Å². The number of halogens is 1. The van der Waals surface area contributed by atoms with Crippen LogP contribution in [-0.4, -0.2) is 25.6 Å². The highest BCUT2D eigenvalue weighted by Crippen LogP contribution is 2.42. The van der Waals surface area contributed by atoms with Crippen LogP contribution in [0, 0.1) is 5.82 Å². The van der Waals surface area contributed by atoms with E-state index in [1.165, 1.54) is 18.3 Å². The van der Waals surface area contributed by atoms with Gasteiger partial charge in [0.2, 0.25) is 5.78 Å². The highest BCUT2D eigenvalue weighted by molar-refractivity contribution is 7.90. The molecule has 1 heterocycles. The number of ketones is 1. The fourth-order valence-electron chi connectivity index (χ4n) is 2.23. The number of carbonyl (C=O) groups is 1. The Hall–Kier alpha value is -2.02. The summed E-state index contributed by atoms with van der Waals surface area (Å²) in [6.07, 6.45) is 3.92. The van der Waals surface area contributed by atoms with Crippen molar-refractivity contribution in [3.63, 3.8) is 0 Å². The van der Waals surface area contributed by atoms with Crippen LogP contribution in [0.4, 0.5) is 4.39 Å². The third-order valence-corrected chi connectivity index (χ3v) is 4.53. The first-order valence-electron chi connectivity index (χ1n) is 6.37. The summed E-state index contributed by atoms with van der Waals surface area (Å²) >= 11 is 0. The van der Waals surface area contributed by atoms with Gasteiger partial charge in [-0.05, 0) is 25.0 Å². The minimum atomic E-state index is -3.72. The molecule has 0 spiro atoms. The summed E-state index contributed by atoms with van der Waals surface area (Å²) in [7, 11) is -3.72. The third kappa shape index (κ3) is 2.49. The maximum absolute atomic E-state index is 14.0. The second-order valence-corrected chi connectivity index (χ2v) is 7.08. The molecule has 0 N–H and O–H groups in total. The Morgan fingerprint density at radius 3 is 2.71 bits per heavy atom. The molecule has 0 saturated heterocycles. The van der Waals surface area contributed by atoms with Crippen LogP contribution in [0.5, 0.6) is 0 Å². The topological polar surface area (TPSA) is 77.2 Å². The van der Waals surface area contributed by atoms with Gasteiger partial charge in [0, 0.05) is 12.2 Å². The lowest BCUT2D eigenvalue weighted by molar-refractivity contribution is 0.103. The van der Waals surface area contributed by atoms with E-state index < -0.39 is 27.0 Å². The van der Waals surface area contributed by atoms with Crippen LogP contribution < -0.4 is 0 Å².